The Morgan fingerprint density at radius 1 is 1.33 bits per heavy atom. The molecule has 0 spiro atoms. The minimum atomic E-state index is -2.04. The third kappa shape index (κ3) is 3.31. The molecule has 0 bridgehead atoms. The fourth-order valence-electron chi connectivity index (χ4n) is 0.636. The van der Waals surface area contributed by atoms with Gasteiger partial charge < -0.3 is 5.43 Å². The number of hydrogen-bond acceptors (Lipinski definition) is 2. The van der Waals surface area contributed by atoms with Crippen LogP contribution in [0.15, 0.2) is 28.7 Å². The number of hydrazine groups is 1. The maximum Gasteiger partial charge on any atom is 0.250 e. The topological polar surface area (TPSA) is 61.4 Å². The van der Waals surface area contributed by atoms with E-state index in [2.05, 4.69) is 26.2 Å². The van der Waals surface area contributed by atoms with Crippen molar-refractivity contribution in [2.24, 2.45) is 0 Å². The summed E-state index contributed by atoms with van der Waals surface area (Å²) in [6.07, 6.45) is 0. The Kier molecular flexibility index (Phi) is 3.67. The maximum absolute atomic E-state index is 10.2. The minimum absolute atomic E-state index is 0.723. The highest BCUT2D eigenvalue weighted by Gasteiger charge is 1.92. The molecule has 1 aromatic rings. The molecular formula is C6H7BrN2O2S. The first-order chi connectivity index (χ1) is 5.68. The van der Waals surface area contributed by atoms with Gasteiger partial charge >= 0.3 is 0 Å². The summed E-state index contributed by atoms with van der Waals surface area (Å²) in [4.78, 5) is 2.14. The molecule has 6 heteroatoms. The van der Waals surface area contributed by atoms with Crippen LogP contribution in [0.25, 0.3) is 0 Å². The Bertz CT molecular complexity index is 277. The molecule has 0 aliphatic carbocycles. The Hall–Kier alpha value is -0.430. The van der Waals surface area contributed by atoms with E-state index in [-0.39, 0.29) is 0 Å². The highest BCUT2D eigenvalue weighted by Crippen LogP contribution is 2.12. The molecule has 1 unspecified atom stereocenters. The average Bonchev–Trinajstić information content (AvgIpc) is 2.03. The summed E-state index contributed by atoms with van der Waals surface area (Å²) in [6, 6.07) is 7.18. The predicted octanol–water partition coefficient (Wildman–Crippen LogP) is 1.50. The van der Waals surface area contributed by atoms with Crippen LogP contribution in [0.2, 0.25) is 0 Å². The zero-order valence-corrected chi connectivity index (χ0v) is 8.35. The number of hydrogen-bond donors (Lipinski definition) is 3. The normalized spacial score (nSPS) is 12.5. The van der Waals surface area contributed by atoms with Crippen molar-refractivity contribution in [2.75, 3.05) is 5.43 Å². The molecular weight excluding hydrogens is 244 g/mol. The van der Waals surface area contributed by atoms with Gasteiger partial charge in [-0.15, -0.1) is 4.83 Å². The van der Waals surface area contributed by atoms with Crippen LogP contribution in [0.1, 0.15) is 0 Å². The number of rotatable bonds is 3. The number of nitrogens with one attached hydrogen (secondary N) is 2. The monoisotopic (exact) mass is 250 g/mol. The van der Waals surface area contributed by atoms with E-state index < -0.39 is 11.3 Å². The Morgan fingerprint density at radius 2 is 1.92 bits per heavy atom. The van der Waals surface area contributed by atoms with Crippen molar-refractivity contribution < 1.29 is 8.76 Å². The van der Waals surface area contributed by atoms with E-state index in [4.69, 9.17) is 4.55 Å². The van der Waals surface area contributed by atoms with Gasteiger partial charge in [0, 0.05) is 10.2 Å². The van der Waals surface area contributed by atoms with Crippen LogP contribution < -0.4 is 10.3 Å². The van der Waals surface area contributed by atoms with E-state index >= 15 is 0 Å². The zero-order chi connectivity index (χ0) is 8.97. The lowest BCUT2D eigenvalue weighted by Gasteiger charge is -2.03. The summed E-state index contributed by atoms with van der Waals surface area (Å²) in [5, 5.41) is 0. The van der Waals surface area contributed by atoms with Crippen LogP contribution in [0.4, 0.5) is 5.69 Å². The lowest BCUT2D eigenvalue weighted by Crippen LogP contribution is -2.23. The molecule has 66 valence electrons. The Balaban J connectivity index is 2.53. The Morgan fingerprint density at radius 3 is 2.42 bits per heavy atom. The van der Waals surface area contributed by atoms with Crippen LogP contribution in [0.3, 0.4) is 0 Å². The second-order valence-electron chi connectivity index (χ2n) is 1.98. The van der Waals surface area contributed by atoms with Crippen molar-refractivity contribution in [3.05, 3.63) is 28.7 Å². The molecule has 0 aromatic heterocycles. The lowest BCUT2D eigenvalue weighted by molar-refractivity contribution is 0.555. The van der Waals surface area contributed by atoms with Crippen LogP contribution in [-0.4, -0.2) is 8.76 Å². The molecule has 0 heterocycles. The molecule has 0 radical (unpaired) electrons. The highest BCUT2D eigenvalue weighted by atomic mass is 79.9. The van der Waals surface area contributed by atoms with Crippen LogP contribution in [0.5, 0.6) is 0 Å². The molecule has 0 aliphatic rings. The van der Waals surface area contributed by atoms with Crippen molar-refractivity contribution >= 4 is 32.9 Å². The second-order valence-corrected chi connectivity index (χ2v) is 3.60. The van der Waals surface area contributed by atoms with Crippen LogP contribution in [-0.2, 0) is 11.3 Å². The van der Waals surface area contributed by atoms with Gasteiger partial charge in [0.1, 0.15) is 0 Å². The SMILES string of the molecule is O=S(O)NNc1ccc(Br)cc1. The zero-order valence-electron chi connectivity index (χ0n) is 5.95. The maximum atomic E-state index is 10.2. The molecule has 12 heavy (non-hydrogen) atoms. The molecule has 4 nitrogen and oxygen atoms in total. The third-order valence-electron chi connectivity index (χ3n) is 1.13. The standard InChI is InChI=1S/C6H7BrN2O2S/c7-5-1-3-6(4-2-5)8-9-12(10)11/h1-4,8-9H,(H,10,11). The number of anilines is 1. The largest absolute Gasteiger partial charge is 0.308 e. The molecule has 1 atom stereocenters. The van der Waals surface area contributed by atoms with E-state index in [1.54, 1.807) is 12.1 Å². The molecule has 0 fully saturated rings. The van der Waals surface area contributed by atoms with Gasteiger partial charge in [0.05, 0.1) is 0 Å². The van der Waals surface area contributed by atoms with E-state index in [0.29, 0.717) is 0 Å². The molecule has 3 N–H and O–H groups in total. The summed E-state index contributed by atoms with van der Waals surface area (Å²) < 4.78 is 19.5. The summed E-state index contributed by atoms with van der Waals surface area (Å²) in [6.45, 7) is 0. The summed E-state index contributed by atoms with van der Waals surface area (Å²) in [5.74, 6) is 0. The fraction of sp³-hybridized carbons (Fsp3) is 0. The smallest absolute Gasteiger partial charge is 0.250 e. The first-order valence-electron chi connectivity index (χ1n) is 3.06. The number of benzene rings is 1. The Labute approximate surface area is 80.9 Å². The van der Waals surface area contributed by atoms with Gasteiger partial charge in [0.25, 0.3) is 0 Å². The molecule has 0 saturated heterocycles. The van der Waals surface area contributed by atoms with Gasteiger partial charge in [-0.25, -0.2) is 4.21 Å². The van der Waals surface area contributed by atoms with Crippen molar-refractivity contribution in [3.8, 4) is 0 Å². The minimum Gasteiger partial charge on any atom is -0.308 e. The molecule has 0 amide bonds. The fourth-order valence-corrected chi connectivity index (χ4v) is 1.11. The molecule has 1 rings (SSSR count). The average molecular weight is 251 g/mol. The number of halogens is 1. The van der Waals surface area contributed by atoms with Crippen molar-refractivity contribution in [2.45, 2.75) is 0 Å². The quantitative estimate of drug-likeness (QED) is 0.563. The van der Waals surface area contributed by atoms with Crippen molar-refractivity contribution in [1.82, 2.24) is 4.83 Å². The highest BCUT2D eigenvalue weighted by molar-refractivity contribution is 9.10. The van der Waals surface area contributed by atoms with E-state index in [0.717, 1.165) is 10.2 Å². The van der Waals surface area contributed by atoms with E-state index in [1.807, 2.05) is 12.1 Å². The lowest BCUT2D eigenvalue weighted by atomic mass is 10.3. The van der Waals surface area contributed by atoms with Crippen LogP contribution in [0, 0.1) is 0 Å². The molecule has 0 saturated carbocycles. The van der Waals surface area contributed by atoms with Gasteiger partial charge in [-0.1, -0.05) is 15.9 Å². The first kappa shape index (κ1) is 9.66. The predicted molar refractivity (Wildman–Crippen MR) is 51.7 cm³/mol. The summed E-state index contributed by atoms with van der Waals surface area (Å²) in [5.41, 5.74) is 3.27. The molecule has 1 aromatic carbocycles. The first-order valence-corrected chi connectivity index (χ1v) is 4.96. The molecule has 0 aliphatic heterocycles. The van der Waals surface area contributed by atoms with Crippen LogP contribution >= 0.6 is 15.9 Å². The van der Waals surface area contributed by atoms with Crippen molar-refractivity contribution in [3.63, 3.8) is 0 Å². The van der Waals surface area contributed by atoms with E-state index in [1.165, 1.54) is 0 Å². The van der Waals surface area contributed by atoms with Gasteiger partial charge in [0.2, 0.25) is 11.3 Å². The second kappa shape index (κ2) is 4.56. The van der Waals surface area contributed by atoms with E-state index in [9.17, 15) is 4.21 Å². The summed E-state index contributed by atoms with van der Waals surface area (Å²) in [7, 11) is 0. The van der Waals surface area contributed by atoms with Crippen molar-refractivity contribution in [1.29, 1.82) is 0 Å². The van der Waals surface area contributed by atoms with Gasteiger partial charge in [-0.05, 0) is 24.3 Å². The van der Waals surface area contributed by atoms with Gasteiger partial charge in [-0.2, -0.15) is 0 Å². The third-order valence-corrected chi connectivity index (χ3v) is 1.93. The summed E-state index contributed by atoms with van der Waals surface area (Å²) >= 11 is 1.22. The van der Waals surface area contributed by atoms with Gasteiger partial charge in [-0.3, -0.25) is 4.55 Å². The van der Waals surface area contributed by atoms with Gasteiger partial charge in [0.15, 0.2) is 0 Å².